The molecule has 0 saturated carbocycles. The van der Waals surface area contributed by atoms with Crippen LogP contribution in [0.2, 0.25) is 5.02 Å². The molecule has 0 bridgehead atoms. The Labute approximate surface area is 89.4 Å². The summed E-state index contributed by atoms with van der Waals surface area (Å²) in [6, 6.07) is 3.82. The molecule has 0 aromatic heterocycles. The van der Waals surface area contributed by atoms with Crippen molar-refractivity contribution in [2.24, 2.45) is 0 Å². The second-order valence-corrected chi connectivity index (χ2v) is 4.23. The predicted octanol–water partition coefficient (Wildman–Crippen LogP) is 4.47. The number of alkyl halides is 3. The van der Waals surface area contributed by atoms with E-state index >= 15 is 0 Å². The summed E-state index contributed by atoms with van der Waals surface area (Å²) in [7, 11) is 0. The average Bonchev–Trinajstić information content (AvgIpc) is 2.07. The average molecular weight is 241 g/mol. The third-order valence-electron chi connectivity index (χ3n) is 1.56. The highest BCUT2D eigenvalue weighted by Crippen LogP contribution is 2.40. The lowest BCUT2D eigenvalue weighted by atomic mass is 10.2. The van der Waals surface area contributed by atoms with Gasteiger partial charge in [0.2, 0.25) is 0 Å². The van der Waals surface area contributed by atoms with Crippen LogP contribution in [-0.2, 0) is 6.18 Å². The van der Waals surface area contributed by atoms with E-state index < -0.39 is 11.7 Å². The lowest BCUT2D eigenvalue weighted by molar-refractivity contribution is -0.139. The van der Waals surface area contributed by atoms with Gasteiger partial charge in [0.15, 0.2) is 0 Å². The first-order valence-electron chi connectivity index (χ1n) is 3.95. The van der Waals surface area contributed by atoms with Crippen LogP contribution in [0.1, 0.15) is 12.5 Å². The minimum Gasteiger partial charge on any atom is -0.166 e. The maximum atomic E-state index is 12.5. The lowest BCUT2D eigenvalue weighted by Gasteiger charge is -2.12. The quantitative estimate of drug-likeness (QED) is 0.688. The molecule has 0 aliphatic carbocycles. The van der Waals surface area contributed by atoms with Gasteiger partial charge < -0.3 is 0 Å². The minimum absolute atomic E-state index is 0.115. The number of rotatable bonds is 2. The summed E-state index contributed by atoms with van der Waals surface area (Å²) in [5.41, 5.74) is -0.656. The van der Waals surface area contributed by atoms with Crippen molar-refractivity contribution < 1.29 is 13.2 Å². The SMILES string of the molecule is CCSc1c(Cl)cccc1C(F)(F)F. The van der Waals surface area contributed by atoms with Crippen LogP contribution in [0.15, 0.2) is 23.1 Å². The van der Waals surface area contributed by atoms with Crippen molar-refractivity contribution in [1.82, 2.24) is 0 Å². The van der Waals surface area contributed by atoms with Crippen molar-refractivity contribution in [3.8, 4) is 0 Å². The van der Waals surface area contributed by atoms with E-state index in [4.69, 9.17) is 11.6 Å². The highest BCUT2D eigenvalue weighted by Gasteiger charge is 2.34. The molecule has 1 aromatic carbocycles. The summed E-state index contributed by atoms with van der Waals surface area (Å²) in [6.07, 6.45) is -4.33. The van der Waals surface area contributed by atoms with Gasteiger partial charge in [0.25, 0.3) is 0 Å². The molecule has 0 nitrogen and oxygen atoms in total. The van der Waals surface area contributed by atoms with Gasteiger partial charge in [-0.25, -0.2) is 0 Å². The minimum atomic E-state index is -4.33. The van der Waals surface area contributed by atoms with E-state index in [9.17, 15) is 13.2 Å². The molecular weight excluding hydrogens is 233 g/mol. The van der Waals surface area contributed by atoms with Gasteiger partial charge in [0.1, 0.15) is 0 Å². The monoisotopic (exact) mass is 240 g/mol. The smallest absolute Gasteiger partial charge is 0.166 e. The largest absolute Gasteiger partial charge is 0.417 e. The fourth-order valence-corrected chi connectivity index (χ4v) is 2.20. The van der Waals surface area contributed by atoms with E-state index in [1.54, 1.807) is 6.92 Å². The molecule has 78 valence electrons. The topological polar surface area (TPSA) is 0 Å². The summed E-state index contributed by atoms with van der Waals surface area (Å²) >= 11 is 6.80. The van der Waals surface area contributed by atoms with E-state index in [-0.39, 0.29) is 9.92 Å². The van der Waals surface area contributed by atoms with Crippen LogP contribution in [-0.4, -0.2) is 5.75 Å². The molecule has 0 spiro atoms. The van der Waals surface area contributed by atoms with Crippen LogP contribution in [0.5, 0.6) is 0 Å². The van der Waals surface area contributed by atoms with Crippen molar-refractivity contribution in [2.45, 2.75) is 18.0 Å². The second kappa shape index (κ2) is 4.45. The first-order chi connectivity index (χ1) is 6.46. The predicted molar refractivity (Wildman–Crippen MR) is 52.9 cm³/mol. The van der Waals surface area contributed by atoms with Gasteiger partial charge in [-0.1, -0.05) is 24.6 Å². The van der Waals surface area contributed by atoms with Crippen molar-refractivity contribution in [1.29, 1.82) is 0 Å². The maximum absolute atomic E-state index is 12.5. The molecule has 0 aliphatic rings. The molecule has 0 unspecified atom stereocenters. The summed E-state index contributed by atoms with van der Waals surface area (Å²) in [5.74, 6) is 0.562. The maximum Gasteiger partial charge on any atom is 0.417 e. The lowest BCUT2D eigenvalue weighted by Crippen LogP contribution is -2.06. The summed E-state index contributed by atoms with van der Waals surface area (Å²) < 4.78 is 37.4. The van der Waals surface area contributed by atoms with Gasteiger partial charge in [-0.15, -0.1) is 11.8 Å². The zero-order valence-corrected chi connectivity index (χ0v) is 8.93. The van der Waals surface area contributed by atoms with Crippen molar-refractivity contribution in [3.63, 3.8) is 0 Å². The summed E-state index contributed by atoms with van der Waals surface area (Å²) in [5, 5.41) is 0.159. The Bertz CT molecular complexity index is 322. The van der Waals surface area contributed by atoms with Crippen LogP contribution in [0.3, 0.4) is 0 Å². The van der Waals surface area contributed by atoms with Gasteiger partial charge >= 0.3 is 6.18 Å². The van der Waals surface area contributed by atoms with Crippen LogP contribution < -0.4 is 0 Å². The molecule has 0 saturated heterocycles. The van der Waals surface area contributed by atoms with Crippen LogP contribution >= 0.6 is 23.4 Å². The number of hydrogen-bond donors (Lipinski definition) is 0. The van der Waals surface area contributed by atoms with E-state index in [0.717, 1.165) is 17.8 Å². The Kier molecular flexibility index (Phi) is 3.72. The number of thioether (sulfide) groups is 1. The third kappa shape index (κ3) is 2.58. The van der Waals surface area contributed by atoms with E-state index in [1.807, 2.05) is 0 Å². The zero-order chi connectivity index (χ0) is 10.8. The van der Waals surface area contributed by atoms with Gasteiger partial charge in [0.05, 0.1) is 10.6 Å². The highest BCUT2D eigenvalue weighted by atomic mass is 35.5. The van der Waals surface area contributed by atoms with E-state index in [0.29, 0.717) is 5.75 Å². The van der Waals surface area contributed by atoms with Crippen molar-refractivity contribution in [2.75, 3.05) is 5.75 Å². The Morgan fingerprint density at radius 2 is 2.00 bits per heavy atom. The van der Waals surface area contributed by atoms with E-state index in [1.165, 1.54) is 12.1 Å². The normalized spacial score (nSPS) is 11.8. The fourth-order valence-electron chi connectivity index (χ4n) is 1.02. The van der Waals surface area contributed by atoms with Gasteiger partial charge in [-0.05, 0) is 17.9 Å². The molecule has 0 N–H and O–H groups in total. The molecule has 0 heterocycles. The van der Waals surface area contributed by atoms with Crippen LogP contribution in [0.25, 0.3) is 0 Å². The molecule has 0 fully saturated rings. The molecule has 5 heteroatoms. The van der Waals surface area contributed by atoms with Gasteiger partial charge in [-0.2, -0.15) is 13.2 Å². The first kappa shape index (κ1) is 11.7. The second-order valence-electron chi connectivity index (χ2n) is 2.55. The Morgan fingerprint density at radius 3 is 2.50 bits per heavy atom. The molecule has 14 heavy (non-hydrogen) atoms. The third-order valence-corrected chi connectivity index (χ3v) is 3.01. The fraction of sp³-hybridized carbons (Fsp3) is 0.333. The molecule has 0 aliphatic heterocycles. The standard InChI is InChI=1S/C9H8ClF3S/c1-2-14-8-6(9(11,12)13)4-3-5-7(8)10/h3-5H,2H2,1H3. The molecule has 0 atom stereocenters. The number of hydrogen-bond acceptors (Lipinski definition) is 1. The molecular formula is C9H8ClF3S. The Hall–Kier alpha value is -0.350. The molecule has 1 rings (SSSR count). The number of halogens is 4. The van der Waals surface area contributed by atoms with Crippen LogP contribution in [0, 0.1) is 0 Å². The summed E-state index contributed by atoms with van der Waals surface area (Å²) in [6.45, 7) is 1.79. The van der Waals surface area contributed by atoms with Gasteiger partial charge in [0, 0.05) is 4.90 Å². The molecule has 0 radical (unpaired) electrons. The number of benzene rings is 1. The highest BCUT2D eigenvalue weighted by molar-refractivity contribution is 7.99. The Balaban J connectivity index is 3.21. The first-order valence-corrected chi connectivity index (χ1v) is 5.31. The van der Waals surface area contributed by atoms with Crippen LogP contribution in [0.4, 0.5) is 13.2 Å². The van der Waals surface area contributed by atoms with Crippen molar-refractivity contribution >= 4 is 23.4 Å². The van der Waals surface area contributed by atoms with Gasteiger partial charge in [-0.3, -0.25) is 0 Å². The summed E-state index contributed by atoms with van der Waals surface area (Å²) in [4.78, 5) is 0.115. The zero-order valence-electron chi connectivity index (χ0n) is 7.36. The Morgan fingerprint density at radius 1 is 1.36 bits per heavy atom. The van der Waals surface area contributed by atoms with E-state index in [2.05, 4.69) is 0 Å². The molecule has 1 aromatic rings. The molecule has 0 amide bonds. The van der Waals surface area contributed by atoms with Crippen molar-refractivity contribution in [3.05, 3.63) is 28.8 Å².